The zero-order valence-corrected chi connectivity index (χ0v) is 78.5. The van der Waals surface area contributed by atoms with Gasteiger partial charge in [-0.05, 0) is 161 Å². The van der Waals surface area contributed by atoms with Crippen LogP contribution in [0.5, 0.6) is 0 Å². The average Bonchev–Trinajstić information content (AvgIpc) is 1.67. The molecule has 131 heavy (non-hydrogen) atoms. The molecule has 5 aromatic rings. The number of nitrogens with two attached hydrogens (primary N) is 1. The molecule has 2 unspecified atom stereocenters. The lowest BCUT2D eigenvalue weighted by molar-refractivity contribution is -0.265. The molecule has 0 radical (unpaired) electrons. The fraction of sp³-hybridized carbons (Fsp3) is 0.670. The van der Waals surface area contributed by atoms with Gasteiger partial charge in [-0.3, -0.25) is 19.2 Å². The van der Waals surface area contributed by atoms with E-state index < -0.39 is 90.1 Å². The minimum atomic E-state index is -2.43. The number of esters is 1. The number of H-pyrrole nitrogens is 1. The number of allylic oxidation sites excluding steroid dienone is 6. The Kier molecular flexibility index (Phi) is 44.3. The molecule has 4 aliphatic heterocycles. The van der Waals surface area contributed by atoms with Crippen molar-refractivity contribution in [3.8, 4) is 11.3 Å². The molecule has 2 bridgehead atoms. The molecule has 34 heteroatoms. The summed E-state index contributed by atoms with van der Waals surface area (Å²) < 4.78 is 94.4. The summed E-state index contributed by atoms with van der Waals surface area (Å²) in [6, 6.07) is 9.27. The van der Waals surface area contributed by atoms with Crippen molar-refractivity contribution < 1.29 is 115 Å². The minimum Gasteiger partial charge on any atom is -0.461 e. The van der Waals surface area contributed by atoms with Gasteiger partial charge in [0.1, 0.15) is 53.9 Å². The van der Waals surface area contributed by atoms with Crippen molar-refractivity contribution in [1.29, 1.82) is 0 Å². The molecule has 10 rings (SSSR count). The van der Waals surface area contributed by atoms with Gasteiger partial charge in [-0.25, -0.2) is 29.2 Å². The van der Waals surface area contributed by atoms with Gasteiger partial charge in [-0.1, -0.05) is 89.3 Å². The van der Waals surface area contributed by atoms with Crippen LogP contribution in [0.25, 0.3) is 33.3 Å². The maximum atomic E-state index is 14.8. The van der Waals surface area contributed by atoms with Gasteiger partial charge in [0.25, 0.3) is 11.7 Å². The number of rotatable bonds is 43. The van der Waals surface area contributed by atoms with E-state index in [4.69, 9.17) is 86.6 Å². The fourth-order valence-corrected chi connectivity index (χ4v) is 17.7. The van der Waals surface area contributed by atoms with Gasteiger partial charge in [0.15, 0.2) is 11.4 Å². The highest BCUT2D eigenvalue weighted by Gasteiger charge is 2.53. The molecule has 726 valence electrons. The van der Waals surface area contributed by atoms with E-state index >= 15 is 0 Å². The van der Waals surface area contributed by atoms with Crippen LogP contribution < -0.4 is 11.1 Å². The number of methoxy groups -OCH3 is 3. The number of hydrogen-bond acceptors (Lipinski definition) is 29. The third kappa shape index (κ3) is 32.4. The Morgan fingerprint density at radius 2 is 1.33 bits per heavy atom. The number of aromatic amines is 1. The number of nitrogens with one attached hydrogen (secondary N) is 2. The number of aliphatic hydroxyl groups excluding tert-OH is 1. The number of aromatic nitrogens is 6. The Morgan fingerprint density at radius 3 is 1.98 bits per heavy atom. The second-order valence-corrected chi connectivity index (χ2v) is 35.1. The molecule has 0 spiro atoms. The van der Waals surface area contributed by atoms with Crippen LogP contribution >= 0.6 is 0 Å². The molecule has 2 saturated heterocycles. The first-order chi connectivity index (χ1) is 63.5. The summed E-state index contributed by atoms with van der Waals surface area (Å²) in [5, 5.41) is 33.2. The summed E-state index contributed by atoms with van der Waals surface area (Å²) >= 11 is 0. The molecule has 1 aliphatic carbocycles. The molecule has 34 nitrogen and oxygen atoms in total. The van der Waals surface area contributed by atoms with Crippen molar-refractivity contribution in [2.45, 2.75) is 212 Å². The monoisotopic (exact) mass is 1830 g/mol. The number of alkyl carbamates (subject to hydrolysis) is 1. The number of nitrogen functional groups attached to an aromatic ring is 1. The van der Waals surface area contributed by atoms with Crippen LogP contribution in [0.2, 0.25) is 0 Å². The van der Waals surface area contributed by atoms with Gasteiger partial charge in [0.2, 0.25) is 11.7 Å². The van der Waals surface area contributed by atoms with Gasteiger partial charge in [0.05, 0.1) is 169 Å². The van der Waals surface area contributed by atoms with Crippen molar-refractivity contribution in [3.63, 3.8) is 0 Å². The van der Waals surface area contributed by atoms with Crippen molar-refractivity contribution in [2.75, 3.05) is 179 Å². The number of anilines is 1. The lowest BCUT2D eigenvalue weighted by atomic mass is 9.78. The predicted octanol–water partition coefficient (Wildman–Crippen LogP) is 10.2. The summed E-state index contributed by atoms with van der Waals surface area (Å²) in [6.45, 7) is 23.2. The zero-order valence-electron chi connectivity index (χ0n) is 78.5. The minimum absolute atomic E-state index is 0.0297. The van der Waals surface area contributed by atoms with Crippen LogP contribution in [0.15, 0.2) is 96.7 Å². The highest BCUT2D eigenvalue weighted by molar-refractivity contribution is 6.39. The van der Waals surface area contributed by atoms with E-state index in [2.05, 4.69) is 43.5 Å². The number of piperidine rings is 1. The number of nitrogens with zero attached hydrogens (tertiary/aromatic N) is 7. The summed E-state index contributed by atoms with van der Waals surface area (Å²) in [6.07, 6.45) is 18.8. The fourth-order valence-electron chi connectivity index (χ4n) is 17.7. The van der Waals surface area contributed by atoms with Crippen molar-refractivity contribution in [1.82, 2.24) is 44.8 Å². The number of carbonyl (C=O) groups excluding carboxylic acids is 6. The van der Waals surface area contributed by atoms with E-state index in [0.717, 1.165) is 39.7 Å². The summed E-state index contributed by atoms with van der Waals surface area (Å²) in [7, 11) is 4.61. The maximum absolute atomic E-state index is 14.8. The smallest absolute Gasteiger partial charge is 0.407 e. The largest absolute Gasteiger partial charge is 0.461 e. The third-order valence-electron chi connectivity index (χ3n) is 25.3. The van der Waals surface area contributed by atoms with Gasteiger partial charge in [-0.2, -0.15) is 5.10 Å². The Balaban J connectivity index is 0.518. The normalized spacial score (nSPS) is 26.5. The van der Waals surface area contributed by atoms with Crippen LogP contribution in [-0.2, 0) is 119 Å². The number of carbonyl (C=O) groups is 6. The maximum Gasteiger partial charge on any atom is 0.407 e. The second-order valence-electron chi connectivity index (χ2n) is 35.1. The number of pyridine rings is 1. The van der Waals surface area contributed by atoms with Crippen LogP contribution in [0.3, 0.4) is 0 Å². The number of ketones is 2. The molecular weight excluding hydrogens is 1690 g/mol. The van der Waals surface area contributed by atoms with Crippen LogP contribution in [0.1, 0.15) is 155 Å². The van der Waals surface area contributed by atoms with E-state index in [0.29, 0.717) is 257 Å². The van der Waals surface area contributed by atoms with Crippen LogP contribution in [0.4, 0.5) is 10.6 Å². The molecule has 3 fully saturated rings. The van der Waals surface area contributed by atoms with Gasteiger partial charge >= 0.3 is 12.1 Å². The molecule has 1 aromatic carbocycles. The molecule has 6 N–H and O–H groups in total. The number of aliphatic hydroxyl groups is 2. The highest BCUT2D eigenvalue weighted by Crippen LogP contribution is 2.40. The first-order valence-electron chi connectivity index (χ1n) is 46.9. The van der Waals surface area contributed by atoms with E-state index in [1.807, 2.05) is 99.0 Å². The number of ether oxygens (including phenoxy) is 16. The first-order valence-corrected chi connectivity index (χ1v) is 46.9. The van der Waals surface area contributed by atoms with Crippen molar-refractivity contribution >= 4 is 63.3 Å². The molecule has 15 atom stereocenters. The molecule has 5 aliphatic rings. The van der Waals surface area contributed by atoms with Gasteiger partial charge in [-0.15, -0.1) is 0 Å². The number of hydrogen-bond donors (Lipinski definition) is 5. The average molecular weight is 1830 g/mol. The predicted molar refractivity (Wildman–Crippen MR) is 489 cm³/mol. The Hall–Kier alpha value is -8.40. The lowest BCUT2D eigenvalue weighted by Crippen LogP contribution is -2.61. The van der Waals surface area contributed by atoms with Crippen molar-refractivity contribution in [3.05, 3.63) is 113 Å². The Labute approximate surface area is 770 Å². The Bertz CT molecular complexity index is 4480. The van der Waals surface area contributed by atoms with E-state index in [-0.39, 0.29) is 61.5 Å². The summed E-state index contributed by atoms with van der Waals surface area (Å²) in [4.78, 5) is 104. The quantitative estimate of drug-likeness (QED) is 0.0105. The first kappa shape index (κ1) is 105. The summed E-state index contributed by atoms with van der Waals surface area (Å²) in [5.74, 6) is -6.32. The van der Waals surface area contributed by atoms with Crippen LogP contribution in [0, 0.1) is 35.5 Å². The number of Topliss-reactive ketones (excluding diaryl/α,β-unsaturated/α-hetero) is 2. The Morgan fingerprint density at radius 1 is 0.672 bits per heavy atom. The molecule has 1 saturated carbocycles. The number of benzene rings is 1. The number of fused-ring (bicyclic) bond motifs is 6. The summed E-state index contributed by atoms with van der Waals surface area (Å²) in [5.41, 5.74) is 14.2. The van der Waals surface area contributed by atoms with Crippen molar-refractivity contribution in [2.24, 2.45) is 35.5 Å². The molecule has 4 aromatic heterocycles. The third-order valence-corrected chi connectivity index (χ3v) is 25.3. The standard InChI is InChI=1S/C97H144N10O24/c1-65-16-12-11-13-17-67(3)82(116-8)60-78-24-20-71(7)97(115,131-78)90(111)94(112)106-32-15-14-18-79(106)95(113)129-80(25-19-66(2)55-70(6)88(110)89(118-10)87(109)69(5)54-65)68(4)56-72-22-26-81(83(58-72)117-9)130-96(114)100-31-35-120-37-39-122-41-43-124-45-47-126-49-51-128-53-52-127-50-48-125-46-44-123-42-40-121-38-36-119-34-29-84(108)105-33-28-74-57-73(21-23-76(74)63-105)62-107-93-85(91(98)102-64-103-93)86(104-107)77-59-75-27-30-99-92(75)101-61-77/h11-13,16-17,21,23,27,30,55,57,59,61,64-66,68-69,71-72,78-83,88-89,110,115H,14-15,18-20,22,24-26,28-29,31-54,56,58,60,62-63H2,1-10H3,(H,99,101)(H,100,114)(H2,98,102,103)/b13-11+,16-12+,67-17+,70-55+/t65-,66+,68-,69?,71-,72+,78+,79+,80+,81-,82+,83-,88?,89+,97-/m1/s1. The van der Waals surface area contributed by atoms with Gasteiger partial charge < -0.3 is 112 Å². The lowest BCUT2D eigenvalue weighted by Gasteiger charge is -2.42. The van der Waals surface area contributed by atoms with E-state index in [9.17, 15) is 39.0 Å². The number of cyclic esters (lactones) is 1. The number of amides is 3. The van der Waals surface area contributed by atoms with E-state index in [1.165, 1.54) is 23.9 Å². The SMILES string of the molecule is CO[C@H]1C[C@@H]2CC[C@@H](C)[C@@](O)(O2)C(=O)C(=O)N2CCCC[C@H]2C(=O)O[C@H]([C@H](C)C[C@@H]2CC[C@@H](OC(=O)NCCOCCOCCOCCOCCOCCOCCOCCOCCOCCOCCC(=O)N3CCc4cc(Cn5nc(-c6cnc7[nH]ccc7c6)c6c(N)ncnc65)ccc4C3)[C@H](OC)C2)CC[C@H](C)/C=C(\C)C(O)[C@@H](OC)C(=O)C(C)C[C@H](C)/C=C/C=C/C=C/1C. The molecule has 3 amide bonds. The highest BCUT2D eigenvalue weighted by atomic mass is 16.6. The topological polar surface area (TPSA) is 407 Å². The molecule has 8 heterocycles. The second kappa shape index (κ2) is 55.4. The van der Waals surface area contributed by atoms with E-state index in [1.54, 1.807) is 34.3 Å². The van der Waals surface area contributed by atoms with Crippen LogP contribution in [-0.4, -0.2) is 313 Å². The molecular formula is C97H144N10O24. The zero-order chi connectivity index (χ0) is 93.4. The van der Waals surface area contributed by atoms with Gasteiger partial charge in [0, 0.05) is 89.1 Å².